The maximum absolute atomic E-state index is 13.2. The van der Waals surface area contributed by atoms with Crippen molar-refractivity contribution in [3.63, 3.8) is 0 Å². The van der Waals surface area contributed by atoms with Crippen LogP contribution in [0.2, 0.25) is 0 Å². The second-order valence-corrected chi connectivity index (χ2v) is 12.5. The molecule has 3 heterocycles. The van der Waals surface area contributed by atoms with Gasteiger partial charge in [0.05, 0.1) is 0 Å². The van der Waals surface area contributed by atoms with Crippen molar-refractivity contribution in [2.24, 2.45) is 17.3 Å². The van der Waals surface area contributed by atoms with Crippen LogP contribution in [0.15, 0.2) is 18.3 Å². The van der Waals surface area contributed by atoms with Crippen molar-refractivity contribution in [2.45, 2.75) is 77.1 Å². The fourth-order valence-corrected chi connectivity index (χ4v) is 7.24. The van der Waals surface area contributed by atoms with Gasteiger partial charge in [0, 0.05) is 47.6 Å². The number of aromatic nitrogens is 2. The van der Waals surface area contributed by atoms with Crippen LogP contribution in [0.5, 0.6) is 0 Å². The molecule has 7 nitrogen and oxygen atoms in total. The van der Waals surface area contributed by atoms with Crippen LogP contribution < -0.4 is 10.6 Å². The smallest absolute Gasteiger partial charge is 0.228 e. The number of fused-ring (bicyclic) bond motifs is 2. The summed E-state index contributed by atoms with van der Waals surface area (Å²) in [5.74, 6) is 0.699. The molecule has 1 aliphatic heterocycles. The van der Waals surface area contributed by atoms with Gasteiger partial charge < -0.3 is 15.2 Å². The largest absolute Gasteiger partial charge is 0.354 e. The van der Waals surface area contributed by atoms with Crippen molar-refractivity contribution in [3.8, 4) is 17.2 Å². The molecule has 0 radical (unpaired) electrons. The van der Waals surface area contributed by atoms with Gasteiger partial charge in [-0.3, -0.25) is 9.59 Å². The van der Waals surface area contributed by atoms with E-state index in [-0.39, 0.29) is 33.9 Å². The van der Waals surface area contributed by atoms with Gasteiger partial charge in [-0.25, -0.2) is 4.98 Å². The highest BCUT2D eigenvalue weighted by Gasteiger charge is 2.53. The molecule has 0 aromatic carbocycles. The van der Waals surface area contributed by atoms with Crippen LogP contribution in [0, 0.1) is 35.5 Å². The lowest BCUT2D eigenvalue weighted by atomic mass is 9.89. The molecule has 2 N–H and O–H groups in total. The van der Waals surface area contributed by atoms with E-state index in [9.17, 15) is 14.9 Å². The van der Waals surface area contributed by atoms with Crippen LogP contribution in [0.4, 0.5) is 5.82 Å². The molecule has 2 aromatic rings. The number of hydrogen-bond donors (Lipinski definition) is 3. The third-order valence-corrected chi connectivity index (χ3v) is 8.81. The number of hydrogen-bond acceptors (Lipinski definition) is 5. The van der Waals surface area contributed by atoms with Gasteiger partial charge in [0.15, 0.2) is 0 Å². The number of amides is 2. The third kappa shape index (κ3) is 4.35. The number of pyridine rings is 1. The molecule has 2 amide bonds. The van der Waals surface area contributed by atoms with Crippen molar-refractivity contribution in [1.29, 1.82) is 5.26 Å². The normalized spacial score (nSPS) is 28.3. The van der Waals surface area contributed by atoms with Crippen molar-refractivity contribution in [1.82, 2.24) is 14.9 Å². The molecule has 2 aliphatic carbocycles. The molecule has 35 heavy (non-hydrogen) atoms. The van der Waals surface area contributed by atoms with Gasteiger partial charge >= 0.3 is 0 Å². The minimum atomic E-state index is -0.214. The Kier molecular flexibility index (Phi) is 5.75. The molecule has 2 aromatic heterocycles. The number of nitrogens with one attached hydrogen (secondary N) is 2. The van der Waals surface area contributed by atoms with Crippen molar-refractivity contribution >= 4 is 30.3 Å². The Morgan fingerprint density at radius 2 is 2.00 bits per heavy atom. The average molecular weight is 492 g/mol. The van der Waals surface area contributed by atoms with Gasteiger partial charge in [-0.05, 0) is 73.6 Å². The predicted octanol–water partition coefficient (Wildman–Crippen LogP) is 4.24. The number of carbonyl (C=O) groups excluding carboxylic acids is 2. The van der Waals surface area contributed by atoms with E-state index >= 15 is 0 Å². The number of thiol groups is 1. The fraction of sp³-hybridized carbons (Fsp3) is 0.556. The van der Waals surface area contributed by atoms with Crippen molar-refractivity contribution < 1.29 is 9.59 Å². The first-order valence-corrected chi connectivity index (χ1v) is 12.8. The van der Waals surface area contributed by atoms with Crippen molar-refractivity contribution in [3.05, 3.63) is 35.3 Å². The Hall–Kier alpha value is -2.79. The van der Waals surface area contributed by atoms with Gasteiger partial charge in [-0.15, -0.1) is 0 Å². The summed E-state index contributed by atoms with van der Waals surface area (Å²) in [6.45, 7) is 8.83. The summed E-state index contributed by atoms with van der Waals surface area (Å²) in [4.78, 5) is 29.1. The van der Waals surface area contributed by atoms with Gasteiger partial charge in [0.25, 0.3) is 0 Å². The summed E-state index contributed by atoms with van der Waals surface area (Å²) < 4.78 is 1.92. The first-order chi connectivity index (χ1) is 16.5. The number of nitrogens with zero attached hydrogens (tertiary/aromatic N) is 3. The lowest BCUT2D eigenvalue weighted by molar-refractivity contribution is -0.121. The SMILES string of the molecule is CC(=O)NC1CC2C[C@H](C(=O)Nc3cc(-c4cc(C#N)n5c4CC(C)(C)C5)c(C)cn3)CC2(S)C1. The highest BCUT2D eigenvalue weighted by molar-refractivity contribution is 7.81. The molecule has 2 fully saturated rings. The number of anilines is 1. The maximum Gasteiger partial charge on any atom is 0.228 e. The quantitative estimate of drug-likeness (QED) is 0.557. The highest BCUT2D eigenvalue weighted by Crippen LogP contribution is 2.54. The van der Waals surface area contributed by atoms with E-state index in [1.54, 1.807) is 13.1 Å². The van der Waals surface area contributed by atoms with E-state index in [2.05, 4.69) is 40.1 Å². The zero-order chi connectivity index (χ0) is 25.1. The number of nitriles is 1. The molecule has 2 saturated carbocycles. The topological polar surface area (TPSA) is 99.8 Å². The average Bonchev–Trinajstić information content (AvgIpc) is 3.44. The van der Waals surface area contributed by atoms with E-state index in [0.717, 1.165) is 48.9 Å². The molecule has 4 atom stereocenters. The van der Waals surface area contributed by atoms with Gasteiger partial charge in [-0.2, -0.15) is 17.9 Å². The lowest BCUT2D eigenvalue weighted by Crippen LogP contribution is -2.33. The summed E-state index contributed by atoms with van der Waals surface area (Å²) in [6, 6.07) is 6.39. The molecule has 0 bridgehead atoms. The van der Waals surface area contributed by atoms with Crippen LogP contribution in [0.1, 0.15) is 63.4 Å². The number of carbonyl (C=O) groups is 2. The van der Waals surface area contributed by atoms with E-state index < -0.39 is 0 Å². The zero-order valence-electron chi connectivity index (χ0n) is 20.8. The van der Waals surface area contributed by atoms with E-state index in [1.807, 2.05) is 19.1 Å². The standard InChI is InChI=1S/C27H33N5O2S/c1-15-13-29-24(8-21(15)22-7-20(12-28)32-14-26(3,4)11-23(22)32)31-25(34)17-5-18-6-19(30-16(2)33)10-27(18,35)9-17/h7-8,13,17-19,35H,5-6,9-11,14H2,1-4H3,(H,30,33)(H,29,31,34)/t17-,18?,19?,27?/m0/s1. The molecule has 8 heteroatoms. The Labute approximate surface area is 212 Å². The van der Waals surface area contributed by atoms with E-state index in [1.165, 1.54) is 5.69 Å². The monoisotopic (exact) mass is 491 g/mol. The minimum absolute atomic E-state index is 0.0123. The Balaban J connectivity index is 1.33. The molecule has 0 spiro atoms. The van der Waals surface area contributed by atoms with Crippen molar-refractivity contribution in [2.75, 3.05) is 5.32 Å². The first kappa shape index (κ1) is 23.9. The second kappa shape index (κ2) is 8.41. The van der Waals surface area contributed by atoms with Crippen LogP contribution in [0.25, 0.3) is 11.1 Å². The van der Waals surface area contributed by atoms with Gasteiger partial charge in [-0.1, -0.05) is 13.8 Å². The third-order valence-electron chi connectivity index (χ3n) is 8.08. The Morgan fingerprint density at radius 3 is 2.69 bits per heavy atom. The summed E-state index contributed by atoms with van der Waals surface area (Å²) in [5, 5.41) is 15.7. The second-order valence-electron chi connectivity index (χ2n) is 11.6. The van der Waals surface area contributed by atoms with Crippen LogP contribution >= 0.6 is 12.6 Å². The van der Waals surface area contributed by atoms with Crippen LogP contribution in [0.3, 0.4) is 0 Å². The summed E-state index contributed by atoms with van der Waals surface area (Å²) in [6.07, 6.45) is 5.85. The van der Waals surface area contributed by atoms with Crippen LogP contribution in [-0.2, 0) is 22.6 Å². The fourth-order valence-electron chi connectivity index (χ4n) is 6.59. The molecule has 3 aliphatic rings. The summed E-state index contributed by atoms with van der Waals surface area (Å²) >= 11 is 4.97. The summed E-state index contributed by atoms with van der Waals surface area (Å²) in [5.41, 5.74) is 5.03. The number of rotatable bonds is 4. The summed E-state index contributed by atoms with van der Waals surface area (Å²) in [7, 11) is 0. The van der Waals surface area contributed by atoms with E-state index in [4.69, 9.17) is 12.6 Å². The highest BCUT2D eigenvalue weighted by atomic mass is 32.1. The molecule has 3 unspecified atom stereocenters. The number of aryl methyl sites for hydroxylation is 1. The minimum Gasteiger partial charge on any atom is -0.354 e. The van der Waals surface area contributed by atoms with Gasteiger partial charge in [0.2, 0.25) is 11.8 Å². The molecular formula is C27H33N5O2S. The Morgan fingerprint density at radius 1 is 1.23 bits per heavy atom. The van der Waals surface area contributed by atoms with E-state index in [0.29, 0.717) is 23.9 Å². The molecule has 0 saturated heterocycles. The zero-order valence-corrected chi connectivity index (χ0v) is 21.7. The molecule has 5 rings (SSSR count). The maximum atomic E-state index is 13.2. The first-order valence-electron chi connectivity index (χ1n) is 12.4. The predicted molar refractivity (Wildman–Crippen MR) is 138 cm³/mol. The van der Waals surface area contributed by atoms with Gasteiger partial charge in [0.1, 0.15) is 17.6 Å². The Bertz CT molecular complexity index is 1260. The molecule has 184 valence electrons. The van der Waals surface area contributed by atoms with Crippen LogP contribution in [-0.4, -0.2) is 32.2 Å². The molecular weight excluding hydrogens is 458 g/mol. The lowest BCUT2D eigenvalue weighted by Gasteiger charge is -2.22.